The third-order valence-electron chi connectivity index (χ3n) is 3.22. The fourth-order valence-corrected chi connectivity index (χ4v) is 3.53. The highest BCUT2D eigenvalue weighted by molar-refractivity contribution is 7.91. The second kappa shape index (κ2) is 5.35. The van der Waals surface area contributed by atoms with Gasteiger partial charge in [0.25, 0.3) is 5.91 Å². The molecule has 3 N–H and O–H groups in total. The lowest BCUT2D eigenvalue weighted by Crippen LogP contribution is -2.41. The van der Waals surface area contributed by atoms with E-state index in [2.05, 4.69) is 5.32 Å². The van der Waals surface area contributed by atoms with Gasteiger partial charge in [0.15, 0.2) is 0 Å². The van der Waals surface area contributed by atoms with Crippen LogP contribution in [0.25, 0.3) is 0 Å². The Hall–Kier alpha value is -1.70. The van der Waals surface area contributed by atoms with E-state index in [0.29, 0.717) is 6.07 Å². The zero-order chi connectivity index (χ0) is 14.9. The Morgan fingerprint density at radius 2 is 1.80 bits per heavy atom. The molecule has 1 aromatic rings. The summed E-state index contributed by atoms with van der Waals surface area (Å²) in [6.45, 7) is 0. The molecule has 1 aromatic carbocycles. The lowest BCUT2D eigenvalue weighted by atomic mass is 10.1. The summed E-state index contributed by atoms with van der Waals surface area (Å²) in [4.78, 5) is 11.9. The van der Waals surface area contributed by atoms with Crippen molar-refractivity contribution < 1.29 is 22.0 Å². The maximum atomic E-state index is 13.5. The predicted octanol–water partition coefficient (Wildman–Crippen LogP) is 0.854. The molecular weight excluding hydrogens is 290 g/mol. The second-order valence-corrected chi connectivity index (χ2v) is 7.06. The number of carbonyl (C=O) groups is 1. The van der Waals surface area contributed by atoms with Crippen LogP contribution in [0.3, 0.4) is 0 Å². The van der Waals surface area contributed by atoms with E-state index < -0.39 is 27.4 Å². The van der Waals surface area contributed by atoms with Crippen molar-refractivity contribution in [1.82, 2.24) is 5.32 Å². The van der Waals surface area contributed by atoms with Crippen molar-refractivity contribution in [3.05, 3.63) is 29.3 Å². The zero-order valence-electron chi connectivity index (χ0n) is 10.5. The normalized spacial score (nSPS) is 18.7. The number of carbonyl (C=O) groups excluding carboxylic acids is 1. The Morgan fingerprint density at radius 3 is 2.40 bits per heavy atom. The molecule has 1 aliphatic rings. The molecule has 0 atom stereocenters. The van der Waals surface area contributed by atoms with Crippen LogP contribution in [0.1, 0.15) is 23.2 Å². The molecule has 0 aliphatic carbocycles. The topological polar surface area (TPSA) is 89.3 Å². The molecule has 1 heterocycles. The Balaban J connectivity index is 2.08. The van der Waals surface area contributed by atoms with E-state index in [1.54, 1.807) is 0 Å². The van der Waals surface area contributed by atoms with Crippen molar-refractivity contribution in [2.24, 2.45) is 0 Å². The molecule has 0 aromatic heterocycles. The molecule has 0 radical (unpaired) electrons. The number of anilines is 1. The molecule has 5 nitrogen and oxygen atoms in total. The second-order valence-electron chi connectivity index (χ2n) is 4.75. The number of benzene rings is 1. The first-order valence-corrected chi connectivity index (χ1v) is 7.86. The maximum absolute atomic E-state index is 13.5. The number of amides is 1. The van der Waals surface area contributed by atoms with Crippen LogP contribution in [0.4, 0.5) is 14.5 Å². The van der Waals surface area contributed by atoms with Crippen molar-refractivity contribution >= 4 is 21.4 Å². The van der Waals surface area contributed by atoms with E-state index in [0.717, 1.165) is 6.07 Å². The van der Waals surface area contributed by atoms with Gasteiger partial charge in [-0.1, -0.05) is 0 Å². The molecule has 110 valence electrons. The third kappa shape index (κ3) is 3.24. The standard InChI is InChI=1S/C12H14F2N2O3S/c13-9-6-10(14)11(15)5-8(9)12(17)16-7-1-3-20(18,19)4-2-7/h5-7H,1-4,15H2,(H,16,17). The van der Waals surface area contributed by atoms with Crippen LogP contribution in [0.5, 0.6) is 0 Å². The first-order valence-electron chi connectivity index (χ1n) is 6.04. The summed E-state index contributed by atoms with van der Waals surface area (Å²) < 4.78 is 49.0. The summed E-state index contributed by atoms with van der Waals surface area (Å²) >= 11 is 0. The van der Waals surface area contributed by atoms with Crippen molar-refractivity contribution in [2.75, 3.05) is 17.2 Å². The largest absolute Gasteiger partial charge is 0.396 e. The molecule has 0 saturated carbocycles. The molecule has 0 unspecified atom stereocenters. The highest BCUT2D eigenvalue weighted by Gasteiger charge is 2.26. The maximum Gasteiger partial charge on any atom is 0.254 e. The van der Waals surface area contributed by atoms with Gasteiger partial charge in [-0.25, -0.2) is 17.2 Å². The molecule has 8 heteroatoms. The molecule has 1 saturated heterocycles. The van der Waals surface area contributed by atoms with Gasteiger partial charge in [0, 0.05) is 12.1 Å². The predicted molar refractivity (Wildman–Crippen MR) is 69.9 cm³/mol. The van der Waals surface area contributed by atoms with Crippen molar-refractivity contribution in [2.45, 2.75) is 18.9 Å². The molecular formula is C12H14F2N2O3S. The minimum Gasteiger partial charge on any atom is -0.396 e. The number of hydrogen-bond donors (Lipinski definition) is 2. The molecule has 0 spiro atoms. The van der Waals surface area contributed by atoms with Crippen molar-refractivity contribution in [3.63, 3.8) is 0 Å². The average Bonchev–Trinajstić information content (AvgIpc) is 2.36. The zero-order valence-corrected chi connectivity index (χ0v) is 11.3. The first-order chi connectivity index (χ1) is 9.28. The number of hydrogen-bond acceptors (Lipinski definition) is 4. The summed E-state index contributed by atoms with van der Waals surface area (Å²) in [7, 11) is -3.03. The fraction of sp³-hybridized carbons (Fsp3) is 0.417. The van der Waals surface area contributed by atoms with Gasteiger partial charge < -0.3 is 11.1 Å². The van der Waals surface area contributed by atoms with Gasteiger partial charge in [0.1, 0.15) is 21.5 Å². The van der Waals surface area contributed by atoms with Crippen LogP contribution in [-0.4, -0.2) is 31.9 Å². The summed E-state index contributed by atoms with van der Waals surface area (Å²) in [6.07, 6.45) is 0.568. The van der Waals surface area contributed by atoms with Gasteiger partial charge in [-0.15, -0.1) is 0 Å². The van der Waals surface area contributed by atoms with E-state index >= 15 is 0 Å². The molecule has 2 rings (SSSR count). The quantitative estimate of drug-likeness (QED) is 0.793. The number of sulfone groups is 1. The van der Waals surface area contributed by atoms with Gasteiger partial charge in [0.2, 0.25) is 0 Å². The van der Waals surface area contributed by atoms with Crippen molar-refractivity contribution in [1.29, 1.82) is 0 Å². The fourth-order valence-electron chi connectivity index (χ4n) is 2.04. The highest BCUT2D eigenvalue weighted by Crippen LogP contribution is 2.18. The van der Waals surface area contributed by atoms with Gasteiger partial charge in [-0.05, 0) is 18.9 Å². The van der Waals surface area contributed by atoms with Gasteiger partial charge in [0.05, 0.1) is 22.8 Å². The van der Waals surface area contributed by atoms with E-state index in [4.69, 9.17) is 5.73 Å². The molecule has 1 aliphatic heterocycles. The number of nitrogens with one attached hydrogen (secondary N) is 1. The monoisotopic (exact) mass is 304 g/mol. The highest BCUT2D eigenvalue weighted by atomic mass is 32.2. The SMILES string of the molecule is Nc1cc(C(=O)NC2CCS(=O)(=O)CC2)c(F)cc1F. The third-order valence-corrected chi connectivity index (χ3v) is 4.94. The number of nitrogens with two attached hydrogens (primary N) is 1. The summed E-state index contributed by atoms with van der Waals surface area (Å²) in [5, 5.41) is 2.54. The number of rotatable bonds is 2. The van der Waals surface area contributed by atoms with E-state index in [-0.39, 0.29) is 41.6 Å². The Kier molecular flexibility index (Phi) is 3.94. The minimum atomic E-state index is -3.03. The minimum absolute atomic E-state index is 0.00795. The lowest BCUT2D eigenvalue weighted by Gasteiger charge is -2.23. The van der Waals surface area contributed by atoms with E-state index in [1.807, 2.05) is 0 Å². The Bertz CT molecular complexity index is 632. The van der Waals surface area contributed by atoms with Crippen molar-refractivity contribution in [3.8, 4) is 0 Å². The summed E-state index contributed by atoms with van der Waals surface area (Å²) in [5.74, 6) is -2.67. The number of halogens is 2. The van der Waals surface area contributed by atoms with Crippen LogP contribution < -0.4 is 11.1 Å². The van der Waals surface area contributed by atoms with Gasteiger partial charge >= 0.3 is 0 Å². The molecule has 20 heavy (non-hydrogen) atoms. The molecule has 1 amide bonds. The molecule has 0 bridgehead atoms. The van der Waals surface area contributed by atoms with Gasteiger partial charge in [-0.3, -0.25) is 4.79 Å². The number of nitrogen functional groups attached to an aromatic ring is 1. The van der Waals surface area contributed by atoms with Crippen LogP contribution >= 0.6 is 0 Å². The van der Waals surface area contributed by atoms with E-state index in [9.17, 15) is 22.0 Å². The summed E-state index contributed by atoms with van der Waals surface area (Å²) in [6, 6.07) is 1.14. The lowest BCUT2D eigenvalue weighted by molar-refractivity contribution is 0.0930. The van der Waals surface area contributed by atoms with E-state index in [1.165, 1.54) is 0 Å². The van der Waals surface area contributed by atoms with Crippen LogP contribution in [0.15, 0.2) is 12.1 Å². The van der Waals surface area contributed by atoms with Crippen LogP contribution in [0.2, 0.25) is 0 Å². The Morgan fingerprint density at radius 1 is 1.20 bits per heavy atom. The first kappa shape index (κ1) is 14.7. The molecule has 1 fully saturated rings. The van der Waals surface area contributed by atoms with Crippen LogP contribution in [0, 0.1) is 11.6 Å². The smallest absolute Gasteiger partial charge is 0.254 e. The Labute approximate surface area is 115 Å². The van der Waals surface area contributed by atoms with Crippen LogP contribution in [-0.2, 0) is 9.84 Å². The summed E-state index contributed by atoms with van der Waals surface area (Å²) in [5.41, 5.74) is 4.63. The van der Waals surface area contributed by atoms with Gasteiger partial charge in [-0.2, -0.15) is 0 Å². The average molecular weight is 304 g/mol.